The van der Waals surface area contributed by atoms with E-state index >= 15 is 0 Å². The zero-order valence-corrected chi connectivity index (χ0v) is 19.9. The summed E-state index contributed by atoms with van der Waals surface area (Å²) in [6, 6.07) is 7.62. The van der Waals surface area contributed by atoms with Gasteiger partial charge in [0.15, 0.2) is 5.82 Å². The number of carbonyl (C=O) groups excluding carboxylic acids is 1. The molecule has 2 bridgehead atoms. The molecule has 1 aliphatic carbocycles. The number of methoxy groups -OCH3 is 1. The summed E-state index contributed by atoms with van der Waals surface area (Å²) in [7, 11) is 1.44. The number of rotatable bonds is 6. The first kappa shape index (κ1) is 24.9. The maximum absolute atomic E-state index is 14.4. The highest BCUT2D eigenvalue weighted by Gasteiger charge is 2.51. The molecule has 1 saturated carbocycles. The van der Waals surface area contributed by atoms with Gasteiger partial charge in [-0.15, -0.1) is 0 Å². The summed E-state index contributed by atoms with van der Waals surface area (Å²) in [4.78, 5) is 28.0. The second kappa shape index (κ2) is 9.95. The number of ether oxygens (including phenoxy) is 2. The van der Waals surface area contributed by atoms with E-state index in [4.69, 9.17) is 9.47 Å². The number of fused-ring (bicyclic) bond motifs is 3. The number of hydrogen-bond acceptors (Lipinski definition) is 6. The predicted molar refractivity (Wildman–Crippen MR) is 125 cm³/mol. The molecule has 1 aromatic carbocycles. The fourth-order valence-electron chi connectivity index (χ4n) is 5.36. The van der Waals surface area contributed by atoms with Gasteiger partial charge in [0.2, 0.25) is 5.88 Å². The molecule has 37 heavy (non-hydrogen) atoms. The number of piperidine rings is 2. The summed E-state index contributed by atoms with van der Waals surface area (Å²) in [6.07, 6.45) is 0.503. The van der Waals surface area contributed by atoms with Crippen LogP contribution >= 0.6 is 0 Å². The number of benzene rings is 1. The molecule has 194 valence electrons. The highest BCUT2D eigenvalue weighted by molar-refractivity contribution is 6.03. The van der Waals surface area contributed by atoms with Crippen LogP contribution in [0.1, 0.15) is 35.2 Å². The standard InChI is InChI=1S/C26H24F4N4O3/c1-36-20-5-2-4-17(24-31-10-3-11-32-24)23(20)25(35)34-18-8-6-15(19(34)13-27)12-21(18)37-22-9-7-16(14-33-22)26(28,29)30/h2-5,7,9-11,14-15,18-19,21H,6,8,12-13H2,1H3/t15-,18+,19-,21-/m1/s1. The maximum Gasteiger partial charge on any atom is 0.417 e. The van der Waals surface area contributed by atoms with Crippen molar-refractivity contribution in [3.05, 3.63) is 66.1 Å². The van der Waals surface area contributed by atoms with Crippen LogP contribution in [0.2, 0.25) is 0 Å². The summed E-state index contributed by atoms with van der Waals surface area (Å²) < 4.78 is 64.6. The van der Waals surface area contributed by atoms with Crippen LogP contribution in [0.4, 0.5) is 17.6 Å². The van der Waals surface area contributed by atoms with E-state index in [2.05, 4.69) is 15.0 Å². The van der Waals surface area contributed by atoms with Gasteiger partial charge < -0.3 is 14.4 Å². The second-order valence-corrected chi connectivity index (χ2v) is 9.07. The first-order valence-electron chi connectivity index (χ1n) is 11.8. The average Bonchev–Trinajstić information content (AvgIpc) is 2.92. The Kier molecular flexibility index (Phi) is 6.70. The average molecular weight is 516 g/mol. The van der Waals surface area contributed by atoms with Gasteiger partial charge in [0, 0.05) is 30.2 Å². The molecule has 3 aliphatic rings. The number of carbonyl (C=O) groups is 1. The van der Waals surface area contributed by atoms with Gasteiger partial charge >= 0.3 is 6.18 Å². The number of nitrogens with zero attached hydrogens (tertiary/aromatic N) is 4. The highest BCUT2D eigenvalue weighted by Crippen LogP contribution is 2.44. The van der Waals surface area contributed by atoms with E-state index in [1.165, 1.54) is 12.0 Å². The van der Waals surface area contributed by atoms with E-state index in [1.54, 1.807) is 36.7 Å². The molecule has 3 aromatic rings. The third-order valence-corrected chi connectivity index (χ3v) is 7.05. The molecule has 0 spiro atoms. The molecule has 0 N–H and O–H groups in total. The molecule has 2 aromatic heterocycles. The molecule has 0 unspecified atom stereocenters. The third kappa shape index (κ3) is 4.70. The monoisotopic (exact) mass is 516 g/mol. The molecule has 2 saturated heterocycles. The summed E-state index contributed by atoms with van der Waals surface area (Å²) in [5.41, 5.74) is -0.217. The van der Waals surface area contributed by atoms with Crippen LogP contribution in [-0.4, -0.2) is 57.7 Å². The first-order valence-corrected chi connectivity index (χ1v) is 11.8. The summed E-state index contributed by atoms with van der Waals surface area (Å²) in [5.74, 6) is 0.0298. The van der Waals surface area contributed by atoms with E-state index in [0.717, 1.165) is 12.1 Å². The maximum atomic E-state index is 14.4. The zero-order valence-electron chi connectivity index (χ0n) is 19.9. The lowest BCUT2D eigenvalue weighted by atomic mass is 9.72. The largest absolute Gasteiger partial charge is 0.496 e. The van der Waals surface area contributed by atoms with E-state index in [-0.39, 0.29) is 17.4 Å². The van der Waals surface area contributed by atoms with Crippen LogP contribution in [0.25, 0.3) is 11.4 Å². The molecule has 4 atom stereocenters. The molecular weight excluding hydrogens is 492 g/mol. The van der Waals surface area contributed by atoms with Crippen LogP contribution in [0, 0.1) is 5.92 Å². The number of alkyl halides is 4. The second-order valence-electron chi connectivity index (χ2n) is 9.07. The first-order chi connectivity index (χ1) is 17.8. The smallest absolute Gasteiger partial charge is 0.417 e. The third-order valence-electron chi connectivity index (χ3n) is 7.05. The van der Waals surface area contributed by atoms with Crippen molar-refractivity contribution in [2.24, 2.45) is 5.92 Å². The van der Waals surface area contributed by atoms with Crippen LogP contribution < -0.4 is 9.47 Å². The topological polar surface area (TPSA) is 77.4 Å². The molecule has 4 heterocycles. The normalized spacial score (nSPS) is 23.1. The fraction of sp³-hybridized carbons (Fsp3) is 0.385. The Balaban J connectivity index is 1.49. The van der Waals surface area contributed by atoms with Crippen LogP contribution in [0.3, 0.4) is 0 Å². The highest BCUT2D eigenvalue weighted by atomic mass is 19.4. The molecule has 7 nitrogen and oxygen atoms in total. The Bertz CT molecular complexity index is 1260. The van der Waals surface area contributed by atoms with Crippen LogP contribution in [-0.2, 0) is 6.18 Å². The summed E-state index contributed by atoms with van der Waals surface area (Å²) in [6.45, 7) is -0.732. The van der Waals surface area contributed by atoms with Crippen molar-refractivity contribution in [1.82, 2.24) is 19.9 Å². The van der Waals surface area contributed by atoms with Gasteiger partial charge in [-0.1, -0.05) is 12.1 Å². The Labute approximate surface area is 210 Å². The molecule has 0 radical (unpaired) electrons. The molecular formula is C26H24F4N4O3. The van der Waals surface area contributed by atoms with E-state index in [1.807, 2.05) is 0 Å². The van der Waals surface area contributed by atoms with Crippen molar-refractivity contribution >= 4 is 5.91 Å². The van der Waals surface area contributed by atoms with E-state index in [9.17, 15) is 22.4 Å². The van der Waals surface area contributed by atoms with Crippen molar-refractivity contribution in [2.45, 2.75) is 43.6 Å². The van der Waals surface area contributed by atoms with Gasteiger partial charge in [-0.05, 0) is 43.4 Å². The number of pyridine rings is 1. The number of amides is 1. The Morgan fingerprint density at radius 2 is 1.86 bits per heavy atom. The van der Waals surface area contributed by atoms with Crippen LogP contribution in [0.5, 0.6) is 11.6 Å². The van der Waals surface area contributed by atoms with E-state index < -0.39 is 42.5 Å². The lowest BCUT2D eigenvalue weighted by molar-refractivity contribution is -0.137. The zero-order chi connectivity index (χ0) is 26.2. The molecule has 6 rings (SSSR count). The van der Waals surface area contributed by atoms with E-state index in [0.29, 0.717) is 42.6 Å². The minimum atomic E-state index is -4.51. The Hall–Kier alpha value is -3.76. The summed E-state index contributed by atoms with van der Waals surface area (Å²) >= 11 is 0. The fourth-order valence-corrected chi connectivity index (χ4v) is 5.36. The minimum absolute atomic E-state index is 0.0189. The van der Waals surface area contributed by atoms with Gasteiger partial charge in [-0.2, -0.15) is 13.2 Å². The van der Waals surface area contributed by atoms with Gasteiger partial charge in [0.05, 0.1) is 30.3 Å². The predicted octanol–water partition coefficient (Wildman–Crippen LogP) is 4.98. The SMILES string of the molecule is COc1cccc(-c2ncccn2)c1C(=O)N1[C@H](CF)[C@@H]2CC[C@H]1[C@H](Oc1ccc(C(F)(F)F)cn1)C2. The minimum Gasteiger partial charge on any atom is -0.496 e. The number of aromatic nitrogens is 3. The van der Waals surface area contributed by atoms with Crippen molar-refractivity contribution < 1.29 is 31.8 Å². The van der Waals surface area contributed by atoms with Crippen molar-refractivity contribution in [1.29, 1.82) is 0 Å². The summed E-state index contributed by atoms with van der Waals surface area (Å²) in [5, 5.41) is 0. The van der Waals surface area contributed by atoms with Gasteiger partial charge in [0.25, 0.3) is 5.91 Å². The Morgan fingerprint density at radius 3 is 2.51 bits per heavy atom. The van der Waals surface area contributed by atoms with Crippen LogP contribution in [0.15, 0.2) is 55.0 Å². The lowest BCUT2D eigenvalue weighted by Crippen LogP contribution is -2.65. The van der Waals surface area contributed by atoms with Gasteiger partial charge in [-0.25, -0.2) is 19.3 Å². The van der Waals surface area contributed by atoms with Crippen molar-refractivity contribution in [3.8, 4) is 23.0 Å². The Morgan fingerprint density at radius 1 is 1.08 bits per heavy atom. The quantitative estimate of drug-likeness (QED) is 0.431. The molecule has 3 fully saturated rings. The molecule has 2 aliphatic heterocycles. The van der Waals surface area contributed by atoms with Gasteiger partial charge in [-0.3, -0.25) is 4.79 Å². The number of hydrogen-bond donors (Lipinski definition) is 0. The van der Waals surface area contributed by atoms with Crippen molar-refractivity contribution in [2.75, 3.05) is 13.8 Å². The molecule has 11 heteroatoms. The van der Waals surface area contributed by atoms with Gasteiger partial charge in [0.1, 0.15) is 18.5 Å². The lowest BCUT2D eigenvalue weighted by Gasteiger charge is -2.53. The number of halogens is 4. The van der Waals surface area contributed by atoms with Crippen molar-refractivity contribution in [3.63, 3.8) is 0 Å². The molecule has 1 amide bonds.